The molecule has 0 aliphatic rings. The quantitative estimate of drug-likeness (QED) is 0.649. The number of hydrogen-bond donors (Lipinski definition) is 1. The van der Waals surface area contributed by atoms with E-state index in [2.05, 4.69) is 25.6 Å². The number of benzene rings is 2. The van der Waals surface area contributed by atoms with Crippen LogP contribution in [0.1, 0.15) is 5.56 Å². The summed E-state index contributed by atoms with van der Waals surface area (Å²) in [5.41, 5.74) is 1.55. The summed E-state index contributed by atoms with van der Waals surface area (Å²) in [4.78, 5) is 3.79. The van der Waals surface area contributed by atoms with E-state index in [1.54, 1.807) is 29.4 Å². The highest BCUT2D eigenvalue weighted by atomic mass is 79.9. The topological polar surface area (TPSA) is 64.0 Å². The Labute approximate surface area is 157 Å². The van der Waals surface area contributed by atoms with Crippen LogP contribution in [0.15, 0.2) is 64.5 Å². The zero-order valence-electron chi connectivity index (χ0n) is 12.7. The summed E-state index contributed by atoms with van der Waals surface area (Å²) in [5.74, 6) is -0.624. The highest BCUT2D eigenvalue weighted by Crippen LogP contribution is 2.30. The molecule has 0 amide bonds. The van der Waals surface area contributed by atoms with Crippen LogP contribution < -0.4 is 4.72 Å². The van der Waals surface area contributed by atoms with E-state index in [9.17, 15) is 12.8 Å². The molecule has 0 radical (unpaired) electrons. The standard InChI is InChI=1S/C16H12BrClFN3O2S/c17-13-7-12(19)8-14(18)16(13)25(23,24)21-9-11-3-1-2-4-15(11)22-6-5-20-10-22/h1-8,10,21H,9H2. The van der Waals surface area contributed by atoms with E-state index in [-0.39, 0.29) is 20.9 Å². The third-order valence-corrected chi connectivity index (χ3v) is 6.26. The summed E-state index contributed by atoms with van der Waals surface area (Å²) >= 11 is 8.96. The maximum atomic E-state index is 13.3. The molecule has 5 nitrogen and oxygen atoms in total. The van der Waals surface area contributed by atoms with E-state index in [1.807, 2.05) is 18.2 Å². The van der Waals surface area contributed by atoms with Crippen LogP contribution in [0.2, 0.25) is 5.02 Å². The van der Waals surface area contributed by atoms with Gasteiger partial charge in [0, 0.05) is 23.4 Å². The molecular formula is C16H12BrClFN3O2S. The maximum Gasteiger partial charge on any atom is 0.243 e. The number of rotatable bonds is 5. The third kappa shape index (κ3) is 3.92. The predicted molar refractivity (Wildman–Crippen MR) is 96.7 cm³/mol. The first-order valence-electron chi connectivity index (χ1n) is 7.09. The van der Waals surface area contributed by atoms with Crippen molar-refractivity contribution in [1.29, 1.82) is 0 Å². The fourth-order valence-electron chi connectivity index (χ4n) is 2.34. The molecule has 2 aromatic carbocycles. The molecule has 0 aliphatic heterocycles. The number of halogens is 3. The molecule has 3 rings (SSSR count). The monoisotopic (exact) mass is 443 g/mol. The molecule has 0 bridgehead atoms. The Morgan fingerprint density at radius 3 is 2.72 bits per heavy atom. The van der Waals surface area contributed by atoms with Crippen LogP contribution in [0.25, 0.3) is 5.69 Å². The minimum absolute atomic E-state index is 0.0385. The van der Waals surface area contributed by atoms with Gasteiger partial charge in [0.25, 0.3) is 0 Å². The Bertz CT molecular complexity index is 987. The summed E-state index contributed by atoms with van der Waals surface area (Å²) in [7, 11) is -3.94. The molecule has 1 aromatic heterocycles. The smallest absolute Gasteiger partial charge is 0.243 e. The summed E-state index contributed by atoms with van der Waals surface area (Å²) < 4.78 is 42.8. The van der Waals surface area contributed by atoms with Gasteiger partial charge in [-0.3, -0.25) is 0 Å². The fraction of sp³-hybridized carbons (Fsp3) is 0.0625. The normalized spacial score (nSPS) is 11.6. The van der Waals surface area contributed by atoms with Gasteiger partial charge in [0.2, 0.25) is 10.0 Å². The van der Waals surface area contributed by atoms with Crippen LogP contribution in [0.3, 0.4) is 0 Å². The maximum absolute atomic E-state index is 13.3. The van der Waals surface area contributed by atoms with E-state index in [4.69, 9.17) is 11.6 Å². The van der Waals surface area contributed by atoms with E-state index >= 15 is 0 Å². The van der Waals surface area contributed by atoms with Gasteiger partial charge in [-0.05, 0) is 39.7 Å². The highest BCUT2D eigenvalue weighted by molar-refractivity contribution is 9.10. The highest BCUT2D eigenvalue weighted by Gasteiger charge is 2.22. The summed E-state index contributed by atoms with van der Waals surface area (Å²) in [6.45, 7) is 0.0385. The molecular weight excluding hydrogens is 433 g/mol. The Morgan fingerprint density at radius 1 is 1.28 bits per heavy atom. The second-order valence-corrected chi connectivity index (χ2v) is 8.09. The Balaban J connectivity index is 1.90. The second-order valence-electron chi connectivity index (χ2n) is 5.12. The molecule has 1 N–H and O–H groups in total. The van der Waals surface area contributed by atoms with E-state index in [0.29, 0.717) is 0 Å². The van der Waals surface area contributed by atoms with Crippen molar-refractivity contribution in [3.05, 3.63) is 76.0 Å². The summed E-state index contributed by atoms with van der Waals surface area (Å²) in [6, 6.07) is 9.33. The van der Waals surface area contributed by atoms with Crippen molar-refractivity contribution in [2.75, 3.05) is 0 Å². The lowest BCUT2D eigenvalue weighted by Gasteiger charge is -2.13. The van der Waals surface area contributed by atoms with Gasteiger partial charge in [0.15, 0.2) is 0 Å². The van der Waals surface area contributed by atoms with Crippen molar-refractivity contribution >= 4 is 37.6 Å². The van der Waals surface area contributed by atoms with Crippen molar-refractivity contribution in [3.63, 3.8) is 0 Å². The van der Waals surface area contributed by atoms with Crippen molar-refractivity contribution in [2.24, 2.45) is 0 Å². The molecule has 130 valence electrons. The van der Waals surface area contributed by atoms with Gasteiger partial charge in [-0.15, -0.1) is 0 Å². The van der Waals surface area contributed by atoms with Crippen LogP contribution in [-0.2, 0) is 16.6 Å². The van der Waals surface area contributed by atoms with Gasteiger partial charge in [-0.2, -0.15) is 0 Å². The minimum Gasteiger partial charge on any atom is -0.306 e. The molecule has 0 saturated carbocycles. The first-order chi connectivity index (χ1) is 11.9. The third-order valence-electron chi connectivity index (χ3n) is 3.46. The molecule has 0 spiro atoms. The van der Waals surface area contributed by atoms with Gasteiger partial charge in [0.1, 0.15) is 10.7 Å². The van der Waals surface area contributed by atoms with Crippen LogP contribution in [0.5, 0.6) is 0 Å². The van der Waals surface area contributed by atoms with Gasteiger partial charge in [-0.25, -0.2) is 22.5 Å². The molecule has 9 heteroatoms. The lowest BCUT2D eigenvalue weighted by molar-refractivity contribution is 0.579. The van der Waals surface area contributed by atoms with Crippen molar-refractivity contribution < 1.29 is 12.8 Å². The molecule has 0 aliphatic carbocycles. The van der Waals surface area contributed by atoms with Crippen LogP contribution in [-0.4, -0.2) is 18.0 Å². The van der Waals surface area contributed by atoms with Crippen LogP contribution >= 0.6 is 27.5 Å². The first kappa shape index (κ1) is 18.1. The second kappa shape index (κ2) is 7.25. The van der Waals surface area contributed by atoms with Gasteiger partial charge in [0.05, 0.1) is 17.0 Å². The molecule has 0 atom stereocenters. The predicted octanol–water partition coefficient (Wildman–Crippen LogP) is 3.91. The lowest BCUT2D eigenvalue weighted by atomic mass is 10.2. The Kier molecular flexibility index (Phi) is 5.24. The minimum atomic E-state index is -3.94. The molecule has 25 heavy (non-hydrogen) atoms. The largest absolute Gasteiger partial charge is 0.306 e. The van der Waals surface area contributed by atoms with Gasteiger partial charge < -0.3 is 4.57 Å². The van der Waals surface area contributed by atoms with Crippen LogP contribution in [0, 0.1) is 5.82 Å². The van der Waals surface area contributed by atoms with Gasteiger partial charge in [-0.1, -0.05) is 29.8 Å². The molecule has 0 unspecified atom stereocenters. The number of nitrogens with zero attached hydrogens (tertiary/aromatic N) is 2. The van der Waals surface area contributed by atoms with E-state index in [0.717, 1.165) is 23.4 Å². The molecule has 3 aromatic rings. The zero-order valence-corrected chi connectivity index (χ0v) is 15.8. The average Bonchev–Trinajstić information content (AvgIpc) is 3.06. The zero-order chi connectivity index (χ0) is 18.0. The van der Waals surface area contributed by atoms with Crippen molar-refractivity contribution in [1.82, 2.24) is 14.3 Å². The number of imidazole rings is 1. The first-order valence-corrected chi connectivity index (χ1v) is 9.74. The molecule has 0 fully saturated rings. The van der Waals surface area contributed by atoms with Gasteiger partial charge >= 0.3 is 0 Å². The molecule has 1 heterocycles. The summed E-state index contributed by atoms with van der Waals surface area (Å²) in [6.07, 6.45) is 5.03. The number of para-hydroxylation sites is 1. The Morgan fingerprint density at radius 2 is 2.04 bits per heavy atom. The number of aromatic nitrogens is 2. The van der Waals surface area contributed by atoms with Crippen molar-refractivity contribution in [3.8, 4) is 5.69 Å². The molecule has 0 saturated heterocycles. The number of hydrogen-bond acceptors (Lipinski definition) is 3. The fourth-order valence-corrected chi connectivity index (χ4v) is 5.16. The lowest BCUT2D eigenvalue weighted by Crippen LogP contribution is -2.24. The SMILES string of the molecule is O=S(=O)(NCc1ccccc1-n1ccnc1)c1c(Cl)cc(F)cc1Br. The number of nitrogens with one attached hydrogen (secondary N) is 1. The van der Waals surface area contributed by atoms with Crippen molar-refractivity contribution in [2.45, 2.75) is 11.4 Å². The Hall–Kier alpha value is -1.74. The van der Waals surface area contributed by atoms with E-state index < -0.39 is 15.8 Å². The average molecular weight is 445 g/mol. The summed E-state index contributed by atoms with van der Waals surface area (Å²) in [5, 5.41) is -0.192. The van der Waals surface area contributed by atoms with E-state index in [1.165, 1.54) is 0 Å². The van der Waals surface area contributed by atoms with Crippen LogP contribution in [0.4, 0.5) is 4.39 Å². The number of sulfonamides is 1.